The molecule has 1 aliphatic heterocycles. The Balaban J connectivity index is 1.56. The van der Waals surface area contributed by atoms with Crippen LogP contribution >= 0.6 is 15.9 Å². The number of nitrogens with one attached hydrogen (secondary N) is 1. The second kappa shape index (κ2) is 8.64. The lowest BCUT2D eigenvalue weighted by molar-refractivity contribution is -0.113. The Hall–Kier alpha value is -2.98. The van der Waals surface area contributed by atoms with Crippen molar-refractivity contribution < 1.29 is 22.4 Å². The maximum absolute atomic E-state index is 12.8. The van der Waals surface area contributed by atoms with Crippen molar-refractivity contribution in [2.45, 2.75) is 23.7 Å². The van der Waals surface area contributed by atoms with Gasteiger partial charge in [-0.3, -0.25) is 4.79 Å². The largest absolute Gasteiger partial charge is 0.497 e. The van der Waals surface area contributed by atoms with E-state index in [0.717, 1.165) is 5.56 Å². The molecule has 0 saturated heterocycles. The maximum Gasteiger partial charge on any atom is 0.286 e. The van der Waals surface area contributed by atoms with Crippen LogP contribution < -0.4 is 10.1 Å². The predicted octanol–water partition coefficient (Wildman–Crippen LogP) is 4.14. The van der Waals surface area contributed by atoms with Crippen LogP contribution in [0.3, 0.4) is 0 Å². The van der Waals surface area contributed by atoms with Gasteiger partial charge in [-0.25, -0.2) is 4.98 Å². The Morgan fingerprint density at radius 2 is 2.10 bits per heavy atom. The number of nitrogens with zero attached hydrogens (tertiary/aromatic N) is 2. The van der Waals surface area contributed by atoms with Crippen LogP contribution in [-0.4, -0.2) is 32.1 Å². The zero-order chi connectivity index (χ0) is 22.0. The van der Waals surface area contributed by atoms with E-state index >= 15 is 0 Å². The second-order valence-electron chi connectivity index (χ2n) is 6.84. The van der Waals surface area contributed by atoms with Crippen molar-refractivity contribution in [1.82, 2.24) is 4.98 Å². The number of benzene rings is 2. The van der Waals surface area contributed by atoms with Gasteiger partial charge in [-0.2, -0.15) is 8.42 Å². The van der Waals surface area contributed by atoms with Gasteiger partial charge in [0.2, 0.25) is 5.89 Å². The van der Waals surface area contributed by atoms with Crippen LogP contribution in [0.5, 0.6) is 5.75 Å². The van der Waals surface area contributed by atoms with Crippen LogP contribution in [-0.2, 0) is 14.8 Å². The van der Waals surface area contributed by atoms with Gasteiger partial charge in [0.05, 0.1) is 24.9 Å². The SMILES string of the molecule is COc1cccc(C(CCC(=O)C2=NS(=O)(=O)c3cc(Br)ccc3N2)c2ncco2)c1. The number of oxazole rings is 1. The summed E-state index contributed by atoms with van der Waals surface area (Å²) in [6.45, 7) is 0. The molecule has 2 aromatic carbocycles. The molecule has 1 aliphatic rings. The minimum atomic E-state index is -3.97. The van der Waals surface area contributed by atoms with E-state index in [4.69, 9.17) is 9.15 Å². The first-order valence-corrected chi connectivity index (χ1v) is 11.6. The normalized spacial score (nSPS) is 15.4. The molecule has 2 heterocycles. The zero-order valence-electron chi connectivity index (χ0n) is 16.4. The number of anilines is 1. The van der Waals surface area contributed by atoms with E-state index < -0.39 is 15.8 Å². The van der Waals surface area contributed by atoms with Gasteiger partial charge in [0.15, 0.2) is 11.6 Å². The molecule has 1 atom stereocenters. The van der Waals surface area contributed by atoms with E-state index in [1.807, 2.05) is 24.3 Å². The topological polar surface area (TPSA) is 111 Å². The van der Waals surface area contributed by atoms with E-state index in [2.05, 4.69) is 30.6 Å². The van der Waals surface area contributed by atoms with Crippen LogP contribution in [0.2, 0.25) is 0 Å². The summed E-state index contributed by atoms with van der Waals surface area (Å²) in [5, 5.41) is 2.84. The molecule has 160 valence electrons. The molecule has 0 aliphatic carbocycles. The summed E-state index contributed by atoms with van der Waals surface area (Å²) in [7, 11) is -2.40. The molecule has 0 spiro atoms. The fourth-order valence-electron chi connectivity index (χ4n) is 3.34. The fourth-order valence-corrected chi connectivity index (χ4v) is 5.02. The third kappa shape index (κ3) is 4.54. The lowest BCUT2D eigenvalue weighted by Gasteiger charge is -2.19. The molecule has 0 bridgehead atoms. The van der Waals surface area contributed by atoms with E-state index in [1.165, 1.54) is 12.3 Å². The first-order valence-electron chi connectivity index (χ1n) is 9.35. The van der Waals surface area contributed by atoms with Crippen LogP contribution in [0.25, 0.3) is 0 Å². The highest BCUT2D eigenvalue weighted by Gasteiger charge is 2.29. The number of methoxy groups -OCH3 is 1. The zero-order valence-corrected chi connectivity index (χ0v) is 18.8. The van der Waals surface area contributed by atoms with E-state index in [1.54, 1.807) is 25.4 Å². The third-order valence-corrected chi connectivity index (χ3v) is 6.67. The molecule has 10 heteroatoms. The number of aromatic nitrogens is 1. The average molecular weight is 504 g/mol. The molecule has 0 radical (unpaired) electrons. The van der Waals surface area contributed by atoms with Crippen molar-refractivity contribution in [2.24, 2.45) is 4.40 Å². The van der Waals surface area contributed by atoms with E-state index in [-0.39, 0.29) is 23.1 Å². The van der Waals surface area contributed by atoms with Crippen LogP contribution in [0, 0.1) is 0 Å². The Labute approximate surface area is 187 Å². The number of carbonyl (C=O) groups excluding carboxylic acids is 1. The van der Waals surface area contributed by atoms with Crippen molar-refractivity contribution in [3.63, 3.8) is 0 Å². The standard InChI is InChI=1S/C21H18BrN3O5S/c1-29-15-4-2-3-13(11-15)16(21-23-9-10-30-21)6-8-18(26)20-24-17-7-5-14(22)12-19(17)31(27,28)25-20/h2-5,7,9-12,16H,6,8H2,1H3,(H,24,25). The van der Waals surface area contributed by atoms with Gasteiger partial charge < -0.3 is 14.5 Å². The summed E-state index contributed by atoms with van der Waals surface area (Å²) in [5.41, 5.74) is 1.19. The van der Waals surface area contributed by atoms with E-state index in [0.29, 0.717) is 28.2 Å². The summed E-state index contributed by atoms with van der Waals surface area (Å²) in [6, 6.07) is 12.2. The number of Topliss-reactive ketones (excluding diaryl/α,β-unsaturated/α-hetero) is 1. The van der Waals surface area contributed by atoms with E-state index in [9.17, 15) is 13.2 Å². The van der Waals surface area contributed by atoms with Crippen LogP contribution in [0.4, 0.5) is 5.69 Å². The predicted molar refractivity (Wildman–Crippen MR) is 118 cm³/mol. The number of hydrogen-bond donors (Lipinski definition) is 1. The fraction of sp³-hybridized carbons (Fsp3) is 0.190. The lowest BCUT2D eigenvalue weighted by Crippen LogP contribution is -2.29. The van der Waals surface area contributed by atoms with Gasteiger partial charge in [0.25, 0.3) is 10.0 Å². The molecule has 4 rings (SSSR count). The second-order valence-corrected chi connectivity index (χ2v) is 9.33. The highest BCUT2D eigenvalue weighted by Crippen LogP contribution is 2.32. The summed E-state index contributed by atoms with van der Waals surface area (Å²) in [5.74, 6) is 0.205. The number of fused-ring (bicyclic) bond motifs is 1. The van der Waals surface area contributed by atoms with Crippen molar-refractivity contribution in [2.75, 3.05) is 12.4 Å². The van der Waals surface area contributed by atoms with Gasteiger partial charge in [0.1, 0.15) is 16.9 Å². The number of halogens is 1. The van der Waals surface area contributed by atoms with Crippen molar-refractivity contribution in [3.8, 4) is 5.75 Å². The summed E-state index contributed by atoms with van der Waals surface area (Å²) < 4.78 is 40.1. The molecule has 0 amide bonds. The minimum Gasteiger partial charge on any atom is -0.497 e. The summed E-state index contributed by atoms with van der Waals surface area (Å²) >= 11 is 3.25. The number of hydrogen-bond acceptors (Lipinski definition) is 7. The number of ketones is 1. The number of ether oxygens (including phenoxy) is 1. The molecule has 3 aromatic rings. The van der Waals surface area contributed by atoms with Crippen molar-refractivity contribution >= 4 is 43.3 Å². The molecule has 0 fully saturated rings. The first-order chi connectivity index (χ1) is 14.9. The monoisotopic (exact) mass is 503 g/mol. The van der Waals surface area contributed by atoms with Gasteiger partial charge >= 0.3 is 0 Å². The quantitative estimate of drug-likeness (QED) is 0.515. The van der Waals surface area contributed by atoms with Gasteiger partial charge in [-0.05, 0) is 42.3 Å². The Morgan fingerprint density at radius 1 is 1.26 bits per heavy atom. The highest BCUT2D eigenvalue weighted by atomic mass is 79.9. The van der Waals surface area contributed by atoms with Crippen LogP contribution in [0.15, 0.2) is 73.1 Å². The molecule has 8 nitrogen and oxygen atoms in total. The molecule has 1 aromatic heterocycles. The molecular formula is C21H18BrN3O5S. The Kier molecular flexibility index (Phi) is 5.92. The third-order valence-electron chi connectivity index (χ3n) is 4.86. The molecule has 1 unspecified atom stereocenters. The number of carbonyl (C=O) groups is 1. The van der Waals surface area contributed by atoms with Crippen LogP contribution in [0.1, 0.15) is 30.2 Å². The lowest BCUT2D eigenvalue weighted by atomic mass is 9.92. The van der Waals surface area contributed by atoms with Crippen molar-refractivity contribution in [3.05, 3.63) is 70.9 Å². The van der Waals surface area contributed by atoms with Gasteiger partial charge in [-0.15, -0.1) is 4.40 Å². The average Bonchev–Trinajstić information content (AvgIpc) is 3.28. The molecule has 0 saturated carbocycles. The smallest absolute Gasteiger partial charge is 0.286 e. The summed E-state index contributed by atoms with van der Waals surface area (Å²) in [4.78, 5) is 17.1. The molecule has 1 N–H and O–H groups in total. The highest BCUT2D eigenvalue weighted by molar-refractivity contribution is 9.10. The summed E-state index contributed by atoms with van der Waals surface area (Å²) in [6.07, 6.45) is 3.40. The Bertz CT molecular complexity index is 1260. The van der Waals surface area contributed by atoms with Gasteiger partial charge in [0, 0.05) is 10.9 Å². The molecular weight excluding hydrogens is 486 g/mol. The molecule has 31 heavy (non-hydrogen) atoms. The van der Waals surface area contributed by atoms with Gasteiger partial charge in [-0.1, -0.05) is 28.1 Å². The number of amidine groups is 1. The first kappa shape index (κ1) is 21.3. The van der Waals surface area contributed by atoms with Crippen molar-refractivity contribution in [1.29, 1.82) is 0 Å². The maximum atomic E-state index is 12.8. The number of rotatable bonds is 7. The number of sulfonamides is 1. The Morgan fingerprint density at radius 3 is 2.84 bits per heavy atom. The minimum absolute atomic E-state index is 0.0208.